The zero-order chi connectivity index (χ0) is 16.0. The molecule has 0 bridgehead atoms. The van der Waals surface area contributed by atoms with Crippen LogP contribution in [0.5, 0.6) is 0 Å². The molecule has 5 nitrogen and oxygen atoms in total. The predicted molar refractivity (Wildman–Crippen MR) is 99.5 cm³/mol. The number of H-pyrrole nitrogens is 1. The standard InChI is InChI=1S/C18H22N4O.ClH/c1-11(2)13-4-3-5-14-17(13)18-20-16(23)10-15(22(18)21-14)12-6-8-19-9-7-12;/h3-5,10-12,19H,6-9H2,1-2H3,(H,20,23);1H. The number of hydrogen-bond acceptors (Lipinski definition) is 3. The summed E-state index contributed by atoms with van der Waals surface area (Å²) >= 11 is 0. The summed E-state index contributed by atoms with van der Waals surface area (Å²) < 4.78 is 1.97. The number of nitrogens with one attached hydrogen (secondary N) is 2. The van der Waals surface area contributed by atoms with E-state index in [-0.39, 0.29) is 18.0 Å². The lowest BCUT2D eigenvalue weighted by atomic mass is 9.94. The van der Waals surface area contributed by atoms with Gasteiger partial charge in [-0.25, -0.2) is 4.52 Å². The summed E-state index contributed by atoms with van der Waals surface area (Å²) in [6, 6.07) is 7.93. The lowest BCUT2D eigenvalue weighted by Gasteiger charge is -2.23. The van der Waals surface area contributed by atoms with E-state index in [9.17, 15) is 4.79 Å². The molecule has 0 amide bonds. The minimum Gasteiger partial charge on any atom is -0.317 e. The first-order valence-corrected chi connectivity index (χ1v) is 8.40. The average Bonchev–Trinajstić information content (AvgIpc) is 2.93. The van der Waals surface area contributed by atoms with Crippen molar-refractivity contribution in [3.63, 3.8) is 0 Å². The van der Waals surface area contributed by atoms with Gasteiger partial charge in [0.25, 0.3) is 5.56 Å². The van der Waals surface area contributed by atoms with Gasteiger partial charge in [0, 0.05) is 17.4 Å². The number of halogens is 1. The Hall–Kier alpha value is -1.85. The minimum absolute atomic E-state index is 0. The van der Waals surface area contributed by atoms with Crippen molar-refractivity contribution in [2.45, 2.75) is 38.5 Å². The summed E-state index contributed by atoms with van der Waals surface area (Å²) in [6.45, 7) is 6.34. The van der Waals surface area contributed by atoms with Crippen molar-refractivity contribution in [1.29, 1.82) is 0 Å². The van der Waals surface area contributed by atoms with Crippen molar-refractivity contribution in [3.8, 4) is 0 Å². The maximum absolute atomic E-state index is 12.3. The molecule has 24 heavy (non-hydrogen) atoms. The van der Waals surface area contributed by atoms with Crippen LogP contribution in [-0.4, -0.2) is 27.7 Å². The van der Waals surface area contributed by atoms with Gasteiger partial charge in [-0.15, -0.1) is 12.4 Å². The Labute approximate surface area is 146 Å². The lowest BCUT2D eigenvalue weighted by molar-refractivity contribution is 0.446. The average molecular weight is 347 g/mol. The highest BCUT2D eigenvalue weighted by molar-refractivity contribution is 5.95. The fraction of sp³-hybridized carbons (Fsp3) is 0.444. The highest BCUT2D eigenvalue weighted by Gasteiger charge is 2.21. The van der Waals surface area contributed by atoms with E-state index in [0.29, 0.717) is 11.8 Å². The molecule has 0 radical (unpaired) electrons. The van der Waals surface area contributed by atoms with Crippen LogP contribution in [-0.2, 0) is 0 Å². The molecule has 0 spiro atoms. The number of benzene rings is 1. The molecule has 3 aromatic rings. The summed E-state index contributed by atoms with van der Waals surface area (Å²) in [5, 5.41) is 9.26. The molecule has 3 heterocycles. The Morgan fingerprint density at radius 2 is 2.00 bits per heavy atom. The maximum Gasteiger partial charge on any atom is 0.251 e. The van der Waals surface area contributed by atoms with Gasteiger partial charge in [0.1, 0.15) is 5.65 Å². The SMILES string of the molecule is CC(C)c1cccc2nn3c(C4CCNCC4)cc(=O)[nH]c3c12.Cl. The smallest absolute Gasteiger partial charge is 0.251 e. The van der Waals surface area contributed by atoms with E-state index in [1.54, 1.807) is 6.07 Å². The van der Waals surface area contributed by atoms with Gasteiger partial charge in [0.15, 0.2) is 0 Å². The molecule has 1 aliphatic rings. The second-order valence-corrected chi connectivity index (χ2v) is 6.74. The Morgan fingerprint density at radius 1 is 1.25 bits per heavy atom. The lowest BCUT2D eigenvalue weighted by Crippen LogP contribution is -2.28. The Bertz CT molecular complexity index is 922. The van der Waals surface area contributed by atoms with Gasteiger partial charge >= 0.3 is 0 Å². The summed E-state index contributed by atoms with van der Waals surface area (Å²) in [4.78, 5) is 15.3. The number of aromatic nitrogens is 3. The fourth-order valence-corrected chi connectivity index (χ4v) is 3.70. The van der Waals surface area contributed by atoms with Gasteiger partial charge in [-0.3, -0.25) is 4.79 Å². The third kappa shape index (κ3) is 2.72. The van der Waals surface area contributed by atoms with E-state index >= 15 is 0 Å². The molecule has 1 aromatic carbocycles. The van der Waals surface area contributed by atoms with Crippen LogP contribution in [0.4, 0.5) is 0 Å². The predicted octanol–water partition coefficient (Wildman–Crippen LogP) is 3.19. The van der Waals surface area contributed by atoms with Crippen molar-refractivity contribution in [2.24, 2.45) is 0 Å². The van der Waals surface area contributed by atoms with Gasteiger partial charge < -0.3 is 10.3 Å². The highest BCUT2D eigenvalue weighted by Crippen LogP contribution is 2.30. The highest BCUT2D eigenvalue weighted by atomic mass is 35.5. The quantitative estimate of drug-likeness (QED) is 0.749. The number of fused-ring (bicyclic) bond motifs is 3. The molecule has 0 aliphatic carbocycles. The van der Waals surface area contributed by atoms with E-state index in [1.165, 1.54) is 5.56 Å². The van der Waals surface area contributed by atoms with Crippen LogP contribution in [0.1, 0.15) is 49.8 Å². The van der Waals surface area contributed by atoms with Crippen molar-refractivity contribution >= 4 is 29.0 Å². The van der Waals surface area contributed by atoms with Gasteiger partial charge in [-0.1, -0.05) is 26.0 Å². The molecular formula is C18H23ClN4O. The van der Waals surface area contributed by atoms with E-state index in [2.05, 4.69) is 30.2 Å². The molecule has 0 unspecified atom stereocenters. The zero-order valence-electron chi connectivity index (χ0n) is 14.0. The van der Waals surface area contributed by atoms with Crippen molar-refractivity contribution < 1.29 is 0 Å². The van der Waals surface area contributed by atoms with E-state index in [1.807, 2.05) is 16.6 Å². The molecule has 0 atom stereocenters. The van der Waals surface area contributed by atoms with Crippen LogP contribution in [0.2, 0.25) is 0 Å². The van der Waals surface area contributed by atoms with Crippen LogP contribution in [0, 0.1) is 0 Å². The maximum atomic E-state index is 12.3. The zero-order valence-corrected chi connectivity index (χ0v) is 14.8. The van der Waals surface area contributed by atoms with Crippen LogP contribution >= 0.6 is 12.4 Å². The molecule has 1 saturated heterocycles. The van der Waals surface area contributed by atoms with Crippen LogP contribution in [0.15, 0.2) is 29.1 Å². The van der Waals surface area contributed by atoms with Crippen molar-refractivity contribution in [2.75, 3.05) is 13.1 Å². The molecule has 1 aliphatic heterocycles. The molecule has 2 aromatic heterocycles. The van der Waals surface area contributed by atoms with E-state index < -0.39 is 0 Å². The molecule has 128 valence electrons. The number of aromatic amines is 1. The fourth-order valence-electron chi connectivity index (χ4n) is 3.70. The van der Waals surface area contributed by atoms with Crippen molar-refractivity contribution in [3.05, 3.63) is 45.9 Å². The van der Waals surface area contributed by atoms with Crippen molar-refractivity contribution in [1.82, 2.24) is 19.9 Å². The normalized spacial score (nSPS) is 16.0. The second-order valence-electron chi connectivity index (χ2n) is 6.74. The van der Waals surface area contributed by atoms with Crippen LogP contribution in [0.3, 0.4) is 0 Å². The van der Waals surface area contributed by atoms with Crippen LogP contribution < -0.4 is 10.9 Å². The molecule has 4 rings (SSSR count). The Balaban J connectivity index is 0.00000169. The number of hydrogen-bond donors (Lipinski definition) is 2. The molecular weight excluding hydrogens is 324 g/mol. The summed E-state index contributed by atoms with van der Waals surface area (Å²) in [6.07, 6.45) is 2.09. The van der Waals surface area contributed by atoms with E-state index in [0.717, 1.165) is 48.2 Å². The number of rotatable bonds is 2. The third-order valence-electron chi connectivity index (χ3n) is 4.88. The first-order valence-electron chi connectivity index (χ1n) is 8.40. The van der Waals surface area contributed by atoms with Gasteiger partial charge in [0.2, 0.25) is 0 Å². The second kappa shape index (κ2) is 6.57. The molecule has 1 fully saturated rings. The topological polar surface area (TPSA) is 62.2 Å². The minimum atomic E-state index is -0.0357. The monoisotopic (exact) mass is 346 g/mol. The molecule has 0 saturated carbocycles. The van der Waals surface area contributed by atoms with Gasteiger partial charge in [0.05, 0.1) is 11.2 Å². The van der Waals surface area contributed by atoms with Crippen LogP contribution in [0.25, 0.3) is 16.6 Å². The summed E-state index contributed by atoms with van der Waals surface area (Å²) in [5.74, 6) is 0.774. The third-order valence-corrected chi connectivity index (χ3v) is 4.88. The largest absolute Gasteiger partial charge is 0.317 e. The summed E-state index contributed by atoms with van der Waals surface area (Å²) in [7, 11) is 0. The van der Waals surface area contributed by atoms with Gasteiger partial charge in [-0.05, 0) is 43.5 Å². The number of piperidine rings is 1. The van der Waals surface area contributed by atoms with E-state index in [4.69, 9.17) is 5.10 Å². The Kier molecular flexibility index (Phi) is 4.65. The number of nitrogens with zero attached hydrogens (tertiary/aromatic N) is 2. The molecule has 6 heteroatoms. The first-order chi connectivity index (χ1) is 11.1. The first kappa shape index (κ1) is 17.0. The summed E-state index contributed by atoms with van der Waals surface area (Å²) in [5.41, 5.74) is 4.02. The Morgan fingerprint density at radius 3 is 2.71 bits per heavy atom. The van der Waals surface area contributed by atoms with Gasteiger partial charge in [-0.2, -0.15) is 5.10 Å². The molecule has 2 N–H and O–H groups in total.